The summed E-state index contributed by atoms with van der Waals surface area (Å²) >= 11 is 0. The van der Waals surface area contributed by atoms with Gasteiger partial charge in [0.1, 0.15) is 0 Å². The van der Waals surface area contributed by atoms with Gasteiger partial charge in [-0.25, -0.2) is 4.79 Å². The first-order chi connectivity index (χ1) is 9.04. The lowest BCUT2D eigenvalue weighted by molar-refractivity contribution is -0.129. The smallest absolute Gasteiger partial charge is 0.315 e. The van der Waals surface area contributed by atoms with Gasteiger partial charge >= 0.3 is 6.03 Å². The third-order valence-corrected chi connectivity index (χ3v) is 2.88. The third-order valence-electron chi connectivity index (χ3n) is 2.88. The standard InChI is InChI=1S/C12H23N3O4/c1-9(2)15-8-10(7-11(15)17)14-12(18)13-3-5-19-6-4-16/h9-10,16H,3-8H2,1-2H3,(H2,13,14,18). The van der Waals surface area contributed by atoms with E-state index in [4.69, 9.17) is 9.84 Å². The van der Waals surface area contributed by atoms with Crippen LogP contribution in [-0.4, -0.2) is 66.9 Å². The van der Waals surface area contributed by atoms with Crippen LogP contribution in [-0.2, 0) is 9.53 Å². The Morgan fingerprint density at radius 1 is 1.53 bits per heavy atom. The van der Waals surface area contributed by atoms with Crippen LogP contribution in [0.4, 0.5) is 4.79 Å². The van der Waals surface area contributed by atoms with E-state index in [1.165, 1.54) is 0 Å². The molecule has 0 aromatic heterocycles. The molecule has 0 aromatic rings. The Kier molecular flexibility index (Phi) is 6.58. The number of carbonyl (C=O) groups is 2. The minimum absolute atomic E-state index is 0.0264. The molecule has 19 heavy (non-hydrogen) atoms. The Morgan fingerprint density at radius 2 is 2.26 bits per heavy atom. The molecule has 1 saturated heterocycles. The molecule has 0 aromatic carbocycles. The van der Waals surface area contributed by atoms with Crippen molar-refractivity contribution in [3.63, 3.8) is 0 Å². The van der Waals surface area contributed by atoms with Gasteiger partial charge < -0.3 is 25.4 Å². The van der Waals surface area contributed by atoms with E-state index >= 15 is 0 Å². The highest BCUT2D eigenvalue weighted by atomic mass is 16.5. The summed E-state index contributed by atoms with van der Waals surface area (Å²) < 4.78 is 5.01. The number of hydrogen-bond donors (Lipinski definition) is 3. The molecule has 3 amide bonds. The fraction of sp³-hybridized carbons (Fsp3) is 0.833. The number of aliphatic hydroxyl groups excluding tert-OH is 1. The lowest BCUT2D eigenvalue weighted by Crippen LogP contribution is -2.44. The van der Waals surface area contributed by atoms with Crippen molar-refractivity contribution in [3.8, 4) is 0 Å². The Bertz CT molecular complexity index is 309. The maximum Gasteiger partial charge on any atom is 0.315 e. The van der Waals surface area contributed by atoms with E-state index in [-0.39, 0.29) is 37.2 Å². The lowest BCUT2D eigenvalue weighted by Gasteiger charge is -2.21. The van der Waals surface area contributed by atoms with Gasteiger partial charge in [0, 0.05) is 25.6 Å². The number of rotatable bonds is 7. The molecule has 0 radical (unpaired) electrons. The van der Waals surface area contributed by atoms with Gasteiger partial charge in [0.25, 0.3) is 0 Å². The van der Waals surface area contributed by atoms with Crippen LogP contribution in [0.25, 0.3) is 0 Å². The second kappa shape index (κ2) is 7.96. The van der Waals surface area contributed by atoms with E-state index in [0.29, 0.717) is 26.1 Å². The number of ether oxygens (including phenoxy) is 1. The molecule has 0 spiro atoms. The predicted octanol–water partition coefficient (Wildman–Crippen LogP) is -0.696. The molecule has 3 N–H and O–H groups in total. The average Bonchev–Trinajstić information content (AvgIpc) is 2.70. The quantitative estimate of drug-likeness (QED) is 0.535. The van der Waals surface area contributed by atoms with Crippen molar-refractivity contribution < 1.29 is 19.4 Å². The molecular formula is C12H23N3O4. The molecule has 1 heterocycles. The van der Waals surface area contributed by atoms with Crippen molar-refractivity contribution in [3.05, 3.63) is 0 Å². The normalized spacial score (nSPS) is 19.1. The van der Waals surface area contributed by atoms with Gasteiger partial charge in [0.15, 0.2) is 0 Å². The topological polar surface area (TPSA) is 90.9 Å². The summed E-state index contributed by atoms with van der Waals surface area (Å²) in [6.45, 7) is 5.45. The summed E-state index contributed by atoms with van der Waals surface area (Å²) in [7, 11) is 0. The van der Waals surface area contributed by atoms with Gasteiger partial charge in [-0.15, -0.1) is 0 Å². The number of likely N-dealkylation sites (tertiary alicyclic amines) is 1. The van der Waals surface area contributed by atoms with Gasteiger partial charge in [-0.05, 0) is 13.8 Å². The summed E-state index contributed by atoms with van der Waals surface area (Å²) in [5.41, 5.74) is 0. The van der Waals surface area contributed by atoms with E-state index in [2.05, 4.69) is 10.6 Å². The molecule has 1 aliphatic heterocycles. The fourth-order valence-corrected chi connectivity index (χ4v) is 1.97. The number of amides is 3. The SMILES string of the molecule is CC(C)N1CC(NC(=O)NCCOCCO)CC1=O. The van der Waals surface area contributed by atoms with Crippen LogP contribution in [0.15, 0.2) is 0 Å². The van der Waals surface area contributed by atoms with Crippen LogP contribution in [0, 0.1) is 0 Å². The van der Waals surface area contributed by atoms with Crippen molar-refractivity contribution in [1.29, 1.82) is 0 Å². The molecular weight excluding hydrogens is 250 g/mol. The van der Waals surface area contributed by atoms with Crippen molar-refractivity contribution in [1.82, 2.24) is 15.5 Å². The first kappa shape index (κ1) is 15.7. The van der Waals surface area contributed by atoms with Gasteiger partial charge in [-0.3, -0.25) is 4.79 Å². The second-order valence-corrected chi connectivity index (χ2v) is 4.78. The molecule has 0 aliphatic carbocycles. The zero-order valence-corrected chi connectivity index (χ0v) is 11.5. The molecule has 1 aliphatic rings. The average molecular weight is 273 g/mol. The number of urea groups is 1. The molecule has 7 heteroatoms. The Labute approximate surface area is 113 Å². The van der Waals surface area contributed by atoms with Crippen LogP contribution in [0.3, 0.4) is 0 Å². The summed E-state index contributed by atoms with van der Waals surface area (Å²) in [6.07, 6.45) is 0.354. The van der Waals surface area contributed by atoms with Crippen molar-refractivity contribution in [2.24, 2.45) is 0 Å². The third kappa shape index (κ3) is 5.44. The highest BCUT2D eigenvalue weighted by Crippen LogP contribution is 2.13. The largest absolute Gasteiger partial charge is 0.394 e. The van der Waals surface area contributed by atoms with Crippen molar-refractivity contribution in [2.45, 2.75) is 32.4 Å². The van der Waals surface area contributed by atoms with E-state index < -0.39 is 0 Å². The molecule has 1 atom stereocenters. The molecule has 110 valence electrons. The Hall–Kier alpha value is -1.34. The maximum absolute atomic E-state index is 11.7. The molecule has 1 fully saturated rings. The lowest BCUT2D eigenvalue weighted by atomic mass is 10.2. The number of carbonyl (C=O) groups excluding carboxylic acids is 2. The molecule has 0 saturated carbocycles. The van der Waals surface area contributed by atoms with Crippen LogP contribution >= 0.6 is 0 Å². The maximum atomic E-state index is 11.7. The minimum Gasteiger partial charge on any atom is -0.394 e. The zero-order chi connectivity index (χ0) is 14.3. The zero-order valence-electron chi connectivity index (χ0n) is 11.5. The first-order valence-electron chi connectivity index (χ1n) is 6.57. The van der Waals surface area contributed by atoms with Gasteiger partial charge in [0.2, 0.25) is 5.91 Å². The number of nitrogens with zero attached hydrogens (tertiary/aromatic N) is 1. The highest BCUT2D eigenvalue weighted by Gasteiger charge is 2.31. The van der Waals surface area contributed by atoms with E-state index in [0.717, 1.165) is 0 Å². The second-order valence-electron chi connectivity index (χ2n) is 4.78. The number of aliphatic hydroxyl groups is 1. The Morgan fingerprint density at radius 3 is 2.84 bits per heavy atom. The highest BCUT2D eigenvalue weighted by molar-refractivity contribution is 5.81. The Balaban J connectivity index is 2.18. The van der Waals surface area contributed by atoms with E-state index in [1.807, 2.05) is 13.8 Å². The first-order valence-corrected chi connectivity index (χ1v) is 6.57. The fourth-order valence-electron chi connectivity index (χ4n) is 1.97. The predicted molar refractivity (Wildman–Crippen MR) is 69.7 cm³/mol. The van der Waals surface area contributed by atoms with E-state index in [1.54, 1.807) is 4.90 Å². The van der Waals surface area contributed by atoms with Crippen LogP contribution in [0.2, 0.25) is 0 Å². The summed E-state index contributed by atoms with van der Waals surface area (Å²) in [5.74, 6) is 0.0755. The summed E-state index contributed by atoms with van der Waals surface area (Å²) in [4.78, 5) is 25.0. The summed E-state index contributed by atoms with van der Waals surface area (Å²) in [6, 6.07) is -0.265. The number of hydrogen-bond acceptors (Lipinski definition) is 4. The van der Waals surface area contributed by atoms with Crippen LogP contribution in [0.5, 0.6) is 0 Å². The molecule has 0 bridgehead atoms. The van der Waals surface area contributed by atoms with Crippen molar-refractivity contribution >= 4 is 11.9 Å². The van der Waals surface area contributed by atoms with Gasteiger partial charge in [-0.1, -0.05) is 0 Å². The number of nitrogens with one attached hydrogen (secondary N) is 2. The monoisotopic (exact) mass is 273 g/mol. The molecule has 7 nitrogen and oxygen atoms in total. The molecule has 1 unspecified atom stereocenters. The molecule has 1 rings (SSSR count). The van der Waals surface area contributed by atoms with Crippen molar-refractivity contribution in [2.75, 3.05) is 32.9 Å². The van der Waals surface area contributed by atoms with Crippen LogP contribution < -0.4 is 10.6 Å². The van der Waals surface area contributed by atoms with E-state index in [9.17, 15) is 9.59 Å². The van der Waals surface area contributed by atoms with Gasteiger partial charge in [0.05, 0.1) is 25.9 Å². The van der Waals surface area contributed by atoms with Crippen LogP contribution in [0.1, 0.15) is 20.3 Å². The van der Waals surface area contributed by atoms with Gasteiger partial charge in [-0.2, -0.15) is 0 Å². The minimum atomic E-state index is -0.295. The summed E-state index contributed by atoms with van der Waals surface area (Å²) in [5, 5.41) is 13.9.